The fraction of sp³-hybridized carbons (Fsp3) is 0.0625. The number of fused-ring (bicyclic) bond motifs is 7. The number of rotatable bonds is 4. The highest BCUT2D eigenvalue weighted by molar-refractivity contribution is 6.10. The first-order chi connectivity index (χ1) is 24.5. The molecule has 0 saturated carbocycles. The quantitative estimate of drug-likeness (QED) is 0.188. The van der Waals surface area contributed by atoms with Crippen LogP contribution in [0.25, 0.3) is 83.0 Å². The minimum absolute atomic E-state index is 0.126. The second-order valence-corrected chi connectivity index (χ2v) is 14.0. The zero-order chi connectivity index (χ0) is 33.4. The number of para-hydroxylation sites is 3. The molecule has 0 bridgehead atoms. The monoisotopic (exact) mass is 638 g/mol. The number of pyridine rings is 1. The molecule has 0 fully saturated rings. The Balaban J connectivity index is 1.000. The maximum Gasteiger partial charge on any atom is 0.0709 e. The molecule has 10 rings (SSSR count). The third-order valence-electron chi connectivity index (χ3n) is 10.8. The van der Waals surface area contributed by atoms with Crippen molar-refractivity contribution in [3.63, 3.8) is 0 Å². The first-order valence-corrected chi connectivity index (χ1v) is 17.4. The van der Waals surface area contributed by atoms with E-state index in [1.807, 2.05) is 6.07 Å². The molecule has 0 saturated heterocycles. The van der Waals surface area contributed by atoms with Crippen molar-refractivity contribution in [2.24, 2.45) is 0 Å². The summed E-state index contributed by atoms with van der Waals surface area (Å²) in [6, 6.07) is 61.8. The van der Waals surface area contributed by atoms with Crippen LogP contribution in [0, 0.1) is 0 Å². The summed E-state index contributed by atoms with van der Waals surface area (Å²) in [5.41, 5.74) is 17.0. The zero-order valence-corrected chi connectivity index (χ0v) is 28.1. The number of nitrogens with zero attached hydrogens (tertiary/aromatic N) is 2. The van der Waals surface area contributed by atoms with Gasteiger partial charge in [-0.15, -0.1) is 0 Å². The van der Waals surface area contributed by atoms with Gasteiger partial charge in [-0.1, -0.05) is 129 Å². The summed E-state index contributed by atoms with van der Waals surface area (Å²) in [5, 5.41) is 3.71. The van der Waals surface area contributed by atoms with Crippen molar-refractivity contribution in [2.75, 3.05) is 0 Å². The molecule has 50 heavy (non-hydrogen) atoms. The Hall–Kier alpha value is -6.25. The summed E-state index contributed by atoms with van der Waals surface area (Å²) >= 11 is 0. The lowest BCUT2D eigenvalue weighted by Crippen LogP contribution is -2.15. The van der Waals surface area contributed by atoms with Crippen LogP contribution in [0.15, 0.2) is 170 Å². The van der Waals surface area contributed by atoms with Gasteiger partial charge in [0.1, 0.15) is 0 Å². The van der Waals surface area contributed by atoms with Gasteiger partial charge in [-0.3, -0.25) is 0 Å². The first-order valence-electron chi connectivity index (χ1n) is 17.4. The SMILES string of the molecule is CC1(C)c2cc(-c3ccc(-c4ccc5ccccc5n4)cc3)ccc2-c2ccc(-c3ccc4c(c3)c3ccccc3n4-c3ccccc3)cc21. The normalized spacial score (nSPS) is 13.2. The van der Waals surface area contributed by atoms with Gasteiger partial charge in [0, 0.05) is 32.8 Å². The molecule has 2 heteroatoms. The summed E-state index contributed by atoms with van der Waals surface area (Å²) in [6.45, 7) is 4.74. The standard InChI is InChI=1S/C48H34N2/c1-48(2)42-29-35(31-16-18-33(19-17-31)45-26-22-32-10-6-8-14-44(32)49-45)20-24-38(42)39-25-21-36(30-43(39)48)34-23-27-47-41(28-34)40-13-7-9-15-46(40)50(47)37-11-4-3-5-12-37/h3-30H,1-2H3. The van der Waals surface area contributed by atoms with Gasteiger partial charge in [-0.05, 0) is 99.1 Å². The molecular weight excluding hydrogens is 605 g/mol. The minimum atomic E-state index is -0.126. The highest BCUT2D eigenvalue weighted by Gasteiger charge is 2.36. The van der Waals surface area contributed by atoms with Crippen LogP contribution in [-0.4, -0.2) is 9.55 Å². The molecule has 1 aliphatic rings. The Morgan fingerprint density at radius 2 is 1.02 bits per heavy atom. The van der Waals surface area contributed by atoms with Gasteiger partial charge in [0.25, 0.3) is 0 Å². The molecular formula is C48H34N2. The summed E-state index contributed by atoms with van der Waals surface area (Å²) in [5.74, 6) is 0. The van der Waals surface area contributed by atoms with Gasteiger partial charge in [-0.2, -0.15) is 0 Å². The lowest BCUT2D eigenvalue weighted by molar-refractivity contribution is 0.661. The van der Waals surface area contributed by atoms with Gasteiger partial charge in [0.2, 0.25) is 0 Å². The predicted molar refractivity (Wildman–Crippen MR) is 210 cm³/mol. The van der Waals surface area contributed by atoms with Gasteiger partial charge in [0.15, 0.2) is 0 Å². The molecule has 2 aromatic heterocycles. The number of hydrogen-bond donors (Lipinski definition) is 0. The van der Waals surface area contributed by atoms with E-state index in [2.05, 4.69) is 182 Å². The third-order valence-corrected chi connectivity index (χ3v) is 10.8. The Bertz CT molecular complexity index is 2770. The van der Waals surface area contributed by atoms with Crippen LogP contribution in [0.3, 0.4) is 0 Å². The van der Waals surface area contributed by atoms with Crippen LogP contribution in [0.2, 0.25) is 0 Å². The Kier molecular flexibility index (Phi) is 6.25. The second kappa shape index (κ2) is 10.9. The van der Waals surface area contributed by atoms with Crippen molar-refractivity contribution >= 4 is 32.7 Å². The van der Waals surface area contributed by atoms with Gasteiger partial charge in [-0.25, -0.2) is 4.98 Å². The first kappa shape index (κ1) is 28.7. The van der Waals surface area contributed by atoms with Crippen molar-refractivity contribution in [3.05, 3.63) is 181 Å². The average molecular weight is 639 g/mol. The van der Waals surface area contributed by atoms with E-state index < -0.39 is 0 Å². The number of aromatic nitrogens is 2. The minimum Gasteiger partial charge on any atom is -0.309 e. The highest BCUT2D eigenvalue weighted by Crippen LogP contribution is 2.51. The Morgan fingerprint density at radius 1 is 0.440 bits per heavy atom. The summed E-state index contributed by atoms with van der Waals surface area (Å²) in [6.07, 6.45) is 0. The second-order valence-electron chi connectivity index (χ2n) is 14.0. The van der Waals surface area contributed by atoms with E-state index >= 15 is 0 Å². The lowest BCUT2D eigenvalue weighted by atomic mass is 9.81. The highest BCUT2D eigenvalue weighted by atomic mass is 15.0. The van der Waals surface area contributed by atoms with Crippen LogP contribution in [0.5, 0.6) is 0 Å². The van der Waals surface area contributed by atoms with Crippen molar-refractivity contribution in [2.45, 2.75) is 19.3 Å². The van der Waals surface area contributed by atoms with E-state index in [1.165, 1.54) is 72.0 Å². The topological polar surface area (TPSA) is 17.8 Å². The number of hydrogen-bond acceptors (Lipinski definition) is 1. The molecule has 0 radical (unpaired) electrons. The van der Waals surface area contributed by atoms with E-state index in [-0.39, 0.29) is 5.41 Å². The van der Waals surface area contributed by atoms with Crippen molar-refractivity contribution in [1.82, 2.24) is 9.55 Å². The van der Waals surface area contributed by atoms with E-state index in [9.17, 15) is 0 Å². The lowest BCUT2D eigenvalue weighted by Gasteiger charge is -2.22. The molecule has 9 aromatic rings. The zero-order valence-electron chi connectivity index (χ0n) is 28.1. The molecule has 0 atom stereocenters. The smallest absolute Gasteiger partial charge is 0.0709 e. The van der Waals surface area contributed by atoms with Crippen LogP contribution in [0.4, 0.5) is 0 Å². The fourth-order valence-corrected chi connectivity index (χ4v) is 8.16. The molecule has 0 amide bonds. The maximum atomic E-state index is 4.91. The molecule has 0 unspecified atom stereocenters. The van der Waals surface area contributed by atoms with Gasteiger partial charge in [0.05, 0.1) is 22.2 Å². The number of benzene rings is 7. The predicted octanol–water partition coefficient (Wildman–Crippen LogP) is 12.6. The molecule has 2 heterocycles. The van der Waals surface area contributed by atoms with Gasteiger partial charge >= 0.3 is 0 Å². The van der Waals surface area contributed by atoms with Crippen molar-refractivity contribution < 1.29 is 0 Å². The fourth-order valence-electron chi connectivity index (χ4n) is 8.16. The van der Waals surface area contributed by atoms with Crippen LogP contribution >= 0.6 is 0 Å². The summed E-state index contributed by atoms with van der Waals surface area (Å²) in [7, 11) is 0. The van der Waals surface area contributed by atoms with E-state index in [0.717, 1.165) is 22.2 Å². The van der Waals surface area contributed by atoms with Crippen molar-refractivity contribution in [3.8, 4) is 50.3 Å². The average Bonchev–Trinajstić information content (AvgIpc) is 3.62. The maximum absolute atomic E-state index is 4.91. The van der Waals surface area contributed by atoms with Crippen LogP contribution in [0.1, 0.15) is 25.0 Å². The molecule has 0 N–H and O–H groups in total. The van der Waals surface area contributed by atoms with E-state index in [4.69, 9.17) is 4.98 Å². The molecule has 2 nitrogen and oxygen atoms in total. The van der Waals surface area contributed by atoms with E-state index in [1.54, 1.807) is 0 Å². The molecule has 0 aliphatic heterocycles. The molecule has 1 aliphatic carbocycles. The summed E-state index contributed by atoms with van der Waals surface area (Å²) in [4.78, 5) is 4.91. The van der Waals surface area contributed by atoms with Crippen LogP contribution in [-0.2, 0) is 5.41 Å². The Morgan fingerprint density at radius 3 is 1.80 bits per heavy atom. The molecule has 236 valence electrons. The van der Waals surface area contributed by atoms with Crippen molar-refractivity contribution in [1.29, 1.82) is 0 Å². The van der Waals surface area contributed by atoms with E-state index in [0.29, 0.717) is 0 Å². The third kappa shape index (κ3) is 4.38. The van der Waals surface area contributed by atoms with Crippen LogP contribution < -0.4 is 0 Å². The Labute approximate surface area is 291 Å². The summed E-state index contributed by atoms with van der Waals surface area (Å²) < 4.78 is 2.38. The molecule has 7 aromatic carbocycles. The van der Waals surface area contributed by atoms with Gasteiger partial charge < -0.3 is 4.57 Å². The largest absolute Gasteiger partial charge is 0.309 e. The molecule has 0 spiro atoms.